The van der Waals surface area contributed by atoms with E-state index in [2.05, 4.69) is 5.32 Å². The summed E-state index contributed by atoms with van der Waals surface area (Å²) < 4.78 is 5.25. The number of carboxylic acid groups (broad SMARTS) is 1. The van der Waals surface area contributed by atoms with Gasteiger partial charge < -0.3 is 15.2 Å². The van der Waals surface area contributed by atoms with Crippen molar-refractivity contribution in [3.63, 3.8) is 0 Å². The molecule has 1 saturated heterocycles. The molecule has 4 heteroatoms. The Bertz CT molecular complexity index is 255. The molecule has 2 aliphatic rings. The highest BCUT2D eigenvalue weighted by atomic mass is 16.5. The van der Waals surface area contributed by atoms with E-state index in [1.54, 1.807) is 0 Å². The molecule has 0 amide bonds. The summed E-state index contributed by atoms with van der Waals surface area (Å²) in [6, 6.07) is 0. The minimum Gasteiger partial charge on any atom is -0.480 e. The van der Waals surface area contributed by atoms with Gasteiger partial charge in [-0.25, -0.2) is 0 Å². The standard InChI is InChI=1S/C13H23NO3/c15-12(16)13(6-9-17-10-7-13)14-8-5-11-3-1-2-4-11/h11,14H,1-10H2,(H,15,16). The monoisotopic (exact) mass is 241 g/mol. The number of hydrogen-bond donors (Lipinski definition) is 2. The van der Waals surface area contributed by atoms with Crippen molar-refractivity contribution in [2.75, 3.05) is 19.8 Å². The normalized spacial score (nSPS) is 24.9. The fourth-order valence-corrected chi connectivity index (χ4v) is 3.00. The molecule has 1 saturated carbocycles. The first kappa shape index (κ1) is 12.8. The summed E-state index contributed by atoms with van der Waals surface area (Å²) in [5, 5.41) is 12.6. The zero-order valence-electron chi connectivity index (χ0n) is 10.4. The first-order chi connectivity index (χ1) is 8.23. The minimum atomic E-state index is -0.725. The van der Waals surface area contributed by atoms with E-state index in [0.29, 0.717) is 26.1 Å². The van der Waals surface area contributed by atoms with Crippen molar-refractivity contribution in [2.24, 2.45) is 5.92 Å². The van der Waals surface area contributed by atoms with Crippen LogP contribution in [0, 0.1) is 5.92 Å². The molecule has 0 bridgehead atoms. The van der Waals surface area contributed by atoms with Gasteiger partial charge in [-0.2, -0.15) is 0 Å². The van der Waals surface area contributed by atoms with Gasteiger partial charge in [0.05, 0.1) is 0 Å². The summed E-state index contributed by atoms with van der Waals surface area (Å²) in [7, 11) is 0. The van der Waals surface area contributed by atoms with Gasteiger partial charge in [0.2, 0.25) is 0 Å². The van der Waals surface area contributed by atoms with Crippen molar-refractivity contribution < 1.29 is 14.6 Å². The summed E-state index contributed by atoms with van der Waals surface area (Å²) in [5.41, 5.74) is -0.725. The maximum absolute atomic E-state index is 11.4. The second-order valence-electron chi connectivity index (χ2n) is 5.37. The lowest BCUT2D eigenvalue weighted by molar-refractivity contribution is -0.149. The minimum absolute atomic E-state index is 0.558. The smallest absolute Gasteiger partial charge is 0.324 e. The average Bonchev–Trinajstić information content (AvgIpc) is 2.83. The third-order valence-electron chi connectivity index (χ3n) is 4.25. The number of aliphatic carboxylic acids is 1. The van der Waals surface area contributed by atoms with Crippen molar-refractivity contribution in [3.8, 4) is 0 Å². The molecule has 1 aliphatic heterocycles. The molecular formula is C13H23NO3. The Hall–Kier alpha value is -0.610. The topological polar surface area (TPSA) is 58.6 Å². The molecule has 1 aliphatic carbocycles. The molecule has 4 nitrogen and oxygen atoms in total. The average molecular weight is 241 g/mol. The van der Waals surface area contributed by atoms with Crippen LogP contribution in [-0.2, 0) is 9.53 Å². The summed E-state index contributed by atoms with van der Waals surface area (Å²) in [5.74, 6) is 0.0976. The number of hydrogen-bond acceptors (Lipinski definition) is 3. The highest BCUT2D eigenvalue weighted by molar-refractivity contribution is 5.78. The predicted octanol–water partition coefficient (Wildman–Crippen LogP) is 1.79. The van der Waals surface area contributed by atoms with Crippen LogP contribution in [0.15, 0.2) is 0 Å². The predicted molar refractivity (Wildman–Crippen MR) is 65.0 cm³/mol. The van der Waals surface area contributed by atoms with Gasteiger partial charge in [-0.3, -0.25) is 4.79 Å². The number of nitrogens with one attached hydrogen (secondary N) is 1. The van der Waals surface area contributed by atoms with Crippen LogP contribution >= 0.6 is 0 Å². The van der Waals surface area contributed by atoms with Gasteiger partial charge in [0, 0.05) is 13.2 Å². The highest BCUT2D eigenvalue weighted by Crippen LogP contribution is 2.28. The summed E-state index contributed by atoms with van der Waals surface area (Å²) in [6.45, 7) is 1.95. The van der Waals surface area contributed by atoms with Crippen LogP contribution in [0.2, 0.25) is 0 Å². The van der Waals surface area contributed by atoms with Crippen LogP contribution in [0.4, 0.5) is 0 Å². The van der Waals surface area contributed by atoms with Crippen LogP contribution < -0.4 is 5.32 Å². The lowest BCUT2D eigenvalue weighted by atomic mass is 9.89. The molecule has 2 fully saturated rings. The van der Waals surface area contributed by atoms with Crippen LogP contribution in [0.5, 0.6) is 0 Å². The van der Waals surface area contributed by atoms with E-state index < -0.39 is 11.5 Å². The molecule has 17 heavy (non-hydrogen) atoms. The summed E-state index contributed by atoms with van der Waals surface area (Å²) in [4.78, 5) is 11.4. The van der Waals surface area contributed by atoms with Gasteiger partial charge >= 0.3 is 5.97 Å². The van der Waals surface area contributed by atoms with E-state index in [1.807, 2.05) is 0 Å². The molecule has 0 aromatic carbocycles. The van der Waals surface area contributed by atoms with Crippen LogP contribution in [0.1, 0.15) is 44.9 Å². The maximum atomic E-state index is 11.4. The molecule has 0 aromatic heterocycles. The number of rotatable bonds is 5. The van der Waals surface area contributed by atoms with Crippen molar-refractivity contribution in [2.45, 2.75) is 50.5 Å². The number of carbonyl (C=O) groups is 1. The second kappa shape index (κ2) is 5.83. The highest BCUT2D eigenvalue weighted by Gasteiger charge is 2.39. The van der Waals surface area contributed by atoms with Crippen molar-refractivity contribution in [3.05, 3.63) is 0 Å². The Morgan fingerprint density at radius 2 is 1.94 bits per heavy atom. The van der Waals surface area contributed by atoms with Crippen molar-refractivity contribution in [1.29, 1.82) is 0 Å². The molecule has 0 radical (unpaired) electrons. The molecule has 0 atom stereocenters. The maximum Gasteiger partial charge on any atom is 0.324 e. The molecule has 0 aromatic rings. The molecule has 0 unspecified atom stereocenters. The van der Waals surface area contributed by atoms with Crippen LogP contribution in [-0.4, -0.2) is 36.4 Å². The van der Waals surface area contributed by atoms with Gasteiger partial charge in [0.15, 0.2) is 0 Å². The van der Waals surface area contributed by atoms with Crippen molar-refractivity contribution >= 4 is 5.97 Å². The van der Waals surface area contributed by atoms with E-state index in [4.69, 9.17) is 4.74 Å². The lowest BCUT2D eigenvalue weighted by Crippen LogP contribution is -2.55. The first-order valence-corrected chi connectivity index (χ1v) is 6.79. The van der Waals surface area contributed by atoms with E-state index in [1.165, 1.54) is 25.7 Å². The Kier molecular flexibility index (Phi) is 4.40. The third-order valence-corrected chi connectivity index (χ3v) is 4.25. The number of carboxylic acids is 1. The fourth-order valence-electron chi connectivity index (χ4n) is 3.00. The van der Waals surface area contributed by atoms with Gasteiger partial charge in [0.1, 0.15) is 5.54 Å². The molecule has 0 spiro atoms. The number of ether oxygens (including phenoxy) is 1. The van der Waals surface area contributed by atoms with Crippen molar-refractivity contribution in [1.82, 2.24) is 5.32 Å². The van der Waals surface area contributed by atoms with Crippen LogP contribution in [0.25, 0.3) is 0 Å². The Morgan fingerprint density at radius 3 is 2.53 bits per heavy atom. The lowest BCUT2D eigenvalue weighted by Gasteiger charge is -2.34. The Balaban J connectivity index is 1.78. The molecule has 1 heterocycles. The van der Waals surface area contributed by atoms with E-state index in [9.17, 15) is 9.90 Å². The fraction of sp³-hybridized carbons (Fsp3) is 0.923. The summed E-state index contributed by atoms with van der Waals surface area (Å²) >= 11 is 0. The molecule has 98 valence electrons. The second-order valence-corrected chi connectivity index (χ2v) is 5.37. The Labute approximate surface area is 103 Å². The Morgan fingerprint density at radius 1 is 1.29 bits per heavy atom. The van der Waals surface area contributed by atoms with E-state index >= 15 is 0 Å². The zero-order chi connectivity index (χ0) is 12.1. The van der Waals surface area contributed by atoms with Gasteiger partial charge in [-0.05, 0) is 31.7 Å². The third kappa shape index (κ3) is 3.19. The van der Waals surface area contributed by atoms with Crippen LogP contribution in [0.3, 0.4) is 0 Å². The van der Waals surface area contributed by atoms with Gasteiger partial charge in [0.25, 0.3) is 0 Å². The molecule has 2 rings (SSSR count). The van der Waals surface area contributed by atoms with E-state index in [0.717, 1.165) is 18.9 Å². The molecule has 2 N–H and O–H groups in total. The summed E-state index contributed by atoms with van der Waals surface area (Å²) in [6.07, 6.45) is 7.65. The largest absolute Gasteiger partial charge is 0.480 e. The molecular weight excluding hydrogens is 218 g/mol. The first-order valence-electron chi connectivity index (χ1n) is 6.79. The van der Waals surface area contributed by atoms with E-state index in [-0.39, 0.29) is 0 Å². The quantitative estimate of drug-likeness (QED) is 0.770. The SMILES string of the molecule is O=C(O)C1(NCCC2CCCC2)CCOCC1. The van der Waals surface area contributed by atoms with Gasteiger partial charge in [-0.15, -0.1) is 0 Å². The zero-order valence-corrected chi connectivity index (χ0v) is 10.4. The van der Waals surface area contributed by atoms with Gasteiger partial charge in [-0.1, -0.05) is 25.7 Å².